The molecule has 0 aliphatic carbocycles. The van der Waals surface area contributed by atoms with Gasteiger partial charge >= 0.3 is 5.89 Å². The minimum Gasteiger partial charge on any atom is -0.492 e. The van der Waals surface area contributed by atoms with Crippen LogP contribution < -0.4 is 23.7 Å². The number of aromatic nitrogens is 1. The molecule has 0 bridgehead atoms. The van der Waals surface area contributed by atoms with E-state index in [1.165, 1.54) is 48.5 Å². The van der Waals surface area contributed by atoms with Gasteiger partial charge in [-0.25, -0.2) is 0 Å². The van der Waals surface area contributed by atoms with Gasteiger partial charge in [-0.3, -0.25) is 9.11 Å². The standard InChI is InChI=1S/C43H36N2O10S2/c1-2-29(23-42-44(19-21-52-34-11-15-36(16-12-34)56(46,47)48)38-25-30-7-3-5-9-32(30)27-40(38)54-42)24-43-45(20-22-53-35-13-17-37(18-14-35)57(49,50)51)39-26-31-8-4-6-10-33(31)28-41(39)55-43/h3-18,23-28H,2,19-22H2,1H3,(H-,46,47,48,49,50,51)/p+1. The predicted molar refractivity (Wildman–Crippen MR) is 216 cm³/mol. The minimum absolute atomic E-state index is 0.215. The quantitative estimate of drug-likeness (QED) is 0.0855. The van der Waals surface area contributed by atoms with Crippen molar-refractivity contribution in [1.29, 1.82) is 0 Å². The van der Waals surface area contributed by atoms with Gasteiger partial charge in [-0.2, -0.15) is 21.4 Å². The van der Waals surface area contributed by atoms with Crippen molar-refractivity contribution in [2.75, 3.05) is 24.7 Å². The van der Waals surface area contributed by atoms with E-state index in [1.54, 1.807) is 0 Å². The Morgan fingerprint density at radius 1 is 0.719 bits per heavy atom. The molecule has 6 aromatic carbocycles. The van der Waals surface area contributed by atoms with Crippen LogP contribution in [-0.4, -0.2) is 45.7 Å². The molecule has 0 atom stereocenters. The lowest BCUT2D eigenvalue weighted by atomic mass is 10.1. The van der Waals surface area contributed by atoms with E-state index in [4.69, 9.17) is 18.6 Å². The number of rotatable bonds is 13. The summed E-state index contributed by atoms with van der Waals surface area (Å²) in [6, 6.07) is 35.4. The normalized spacial score (nSPS) is 14.1. The van der Waals surface area contributed by atoms with E-state index < -0.39 is 20.2 Å². The summed E-state index contributed by atoms with van der Waals surface area (Å²) >= 11 is 0. The van der Waals surface area contributed by atoms with Crippen molar-refractivity contribution in [1.82, 2.24) is 0 Å². The largest absolute Gasteiger partial charge is 0.492 e. The molecule has 7 aromatic rings. The number of allylic oxidation sites excluding steroid dienone is 2. The van der Waals surface area contributed by atoms with E-state index in [9.17, 15) is 25.9 Å². The van der Waals surface area contributed by atoms with E-state index in [0.717, 1.165) is 38.3 Å². The second-order valence-electron chi connectivity index (χ2n) is 13.3. The van der Waals surface area contributed by atoms with E-state index in [1.807, 2.05) is 89.2 Å². The monoisotopic (exact) mass is 805 g/mol. The maximum atomic E-state index is 11.5. The number of ether oxygens (including phenoxy) is 3. The lowest BCUT2D eigenvalue weighted by Gasteiger charge is -2.19. The molecule has 0 saturated carbocycles. The van der Waals surface area contributed by atoms with Crippen LogP contribution in [0.5, 0.6) is 17.2 Å². The predicted octanol–water partition coefficient (Wildman–Crippen LogP) is 8.21. The molecule has 290 valence electrons. The Kier molecular flexibility index (Phi) is 10.2. The molecule has 0 unspecified atom stereocenters. The molecule has 1 aromatic heterocycles. The van der Waals surface area contributed by atoms with Crippen LogP contribution in [0.4, 0.5) is 5.69 Å². The number of hydrogen-bond donors (Lipinski definition) is 2. The van der Waals surface area contributed by atoms with Gasteiger partial charge < -0.3 is 23.5 Å². The maximum absolute atomic E-state index is 11.5. The summed E-state index contributed by atoms with van der Waals surface area (Å²) < 4.78 is 91.8. The Bertz CT molecular complexity index is 2920. The van der Waals surface area contributed by atoms with E-state index in [2.05, 4.69) is 12.1 Å². The van der Waals surface area contributed by atoms with Gasteiger partial charge in [-0.1, -0.05) is 55.5 Å². The van der Waals surface area contributed by atoms with Crippen molar-refractivity contribution in [3.8, 4) is 17.2 Å². The van der Waals surface area contributed by atoms with Gasteiger partial charge in [0, 0.05) is 12.1 Å². The van der Waals surface area contributed by atoms with Gasteiger partial charge in [0.25, 0.3) is 25.8 Å². The SMILES string of the molecule is CCC(=Cc1oc2cc3ccccc3cc2[n+]1CCOc1ccc(S(=O)(=O)O)cc1)C=C1Oc2cc3ccccc3cc2N1CCOc1ccc(S(=O)(=O)O)cc1. The third-order valence-corrected chi connectivity index (χ3v) is 11.4. The Balaban J connectivity index is 1.11. The topological polar surface area (TPSA) is 157 Å². The highest BCUT2D eigenvalue weighted by Gasteiger charge is 2.28. The molecule has 14 heteroatoms. The van der Waals surface area contributed by atoms with Gasteiger partial charge in [0.1, 0.15) is 24.7 Å². The summed E-state index contributed by atoms with van der Waals surface area (Å²) in [5.41, 5.74) is 3.34. The average Bonchev–Trinajstić information content (AvgIpc) is 3.70. The molecule has 2 heterocycles. The van der Waals surface area contributed by atoms with E-state index >= 15 is 0 Å². The smallest absolute Gasteiger partial charge is 0.374 e. The molecule has 0 amide bonds. The number of hydrogen-bond acceptors (Lipinski definition) is 9. The van der Waals surface area contributed by atoms with Crippen LogP contribution in [0.15, 0.2) is 153 Å². The van der Waals surface area contributed by atoms with Crippen LogP contribution in [0.3, 0.4) is 0 Å². The molecule has 8 rings (SSSR count). The molecule has 1 aliphatic rings. The van der Waals surface area contributed by atoms with Crippen LogP contribution in [0.1, 0.15) is 19.2 Å². The molecule has 0 radical (unpaired) electrons. The fourth-order valence-corrected chi connectivity index (χ4v) is 7.70. The zero-order valence-electron chi connectivity index (χ0n) is 30.6. The van der Waals surface area contributed by atoms with Crippen LogP contribution in [0.25, 0.3) is 38.7 Å². The number of nitrogens with zero attached hydrogens (tertiary/aromatic N) is 2. The average molecular weight is 806 g/mol. The van der Waals surface area contributed by atoms with Gasteiger partial charge in [0.2, 0.25) is 11.5 Å². The molecule has 0 saturated heterocycles. The summed E-state index contributed by atoms with van der Waals surface area (Å²) in [6.45, 7) is 3.31. The first-order valence-corrected chi connectivity index (χ1v) is 21.0. The first-order valence-electron chi connectivity index (χ1n) is 18.1. The van der Waals surface area contributed by atoms with Gasteiger partial charge in [-0.15, -0.1) is 0 Å². The zero-order chi connectivity index (χ0) is 39.7. The van der Waals surface area contributed by atoms with Crippen molar-refractivity contribution in [2.24, 2.45) is 0 Å². The maximum Gasteiger partial charge on any atom is 0.374 e. The number of benzene rings is 6. The Morgan fingerprint density at radius 3 is 1.84 bits per heavy atom. The molecule has 57 heavy (non-hydrogen) atoms. The van der Waals surface area contributed by atoms with Crippen LogP contribution in [-0.2, 0) is 26.8 Å². The van der Waals surface area contributed by atoms with Gasteiger partial charge in [0.15, 0.2) is 12.3 Å². The lowest BCUT2D eigenvalue weighted by Crippen LogP contribution is -2.38. The Hall–Kier alpha value is -6.19. The summed E-state index contributed by atoms with van der Waals surface area (Å²) in [5, 5.41) is 4.16. The van der Waals surface area contributed by atoms with Crippen molar-refractivity contribution in [3.63, 3.8) is 0 Å². The highest BCUT2D eigenvalue weighted by molar-refractivity contribution is 7.86. The van der Waals surface area contributed by atoms with Crippen LogP contribution in [0, 0.1) is 0 Å². The molecular formula is C43H37N2O10S2+. The second kappa shape index (κ2) is 15.4. The summed E-state index contributed by atoms with van der Waals surface area (Å²) in [5.74, 6) is 2.76. The van der Waals surface area contributed by atoms with E-state index in [-0.39, 0.29) is 23.0 Å². The number of fused-ring (bicyclic) bond motifs is 4. The van der Waals surface area contributed by atoms with Crippen LogP contribution >= 0.6 is 0 Å². The zero-order valence-corrected chi connectivity index (χ0v) is 32.2. The first-order chi connectivity index (χ1) is 27.4. The van der Waals surface area contributed by atoms with Crippen molar-refractivity contribution in [2.45, 2.75) is 29.7 Å². The molecule has 12 nitrogen and oxygen atoms in total. The van der Waals surface area contributed by atoms with Crippen molar-refractivity contribution >= 4 is 64.6 Å². The number of anilines is 1. The fourth-order valence-electron chi connectivity index (χ4n) is 6.74. The highest BCUT2D eigenvalue weighted by atomic mass is 32.2. The lowest BCUT2D eigenvalue weighted by molar-refractivity contribution is -0.678. The van der Waals surface area contributed by atoms with Crippen molar-refractivity contribution in [3.05, 3.63) is 145 Å². The number of oxazole rings is 1. The molecule has 0 spiro atoms. The minimum atomic E-state index is -4.32. The third-order valence-electron chi connectivity index (χ3n) is 9.63. The molecular weight excluding hydrogens is 769 g/mol. The highest BCUT2D eigenvalue weighted by Crippen LogP contribution is 2.42. The van der Waals surface area contributed by atoms with E-state index in [0.29, 0.717) is 54.1 Å². The third kappa shape index (κ3) is 8.20. The Labute approximate surface area is 328 Å². The van der Waals surface area contributed by atoms with Gasteiger partial charge in [-0.05, 0) is 100 Å². The molecule has 1 aliphatic heterocycles. The first kappa shape index (κ1) is 37.7. The second-order valence-corrected chi connectivity index (χ2v) is 16.2. The molecule has 2 N–H and O–H groups in total. The van der Waals surface area contributed by atoms with Crippen molar-refractivity contribution < 1.29 is 49.1 Å². The summed E-state index contributed by atoms with van der Waals surface area (Å²) in [4.78, 5) is 1.61. The van der Waals surface area contributed by atoms with Crippen LogP contribution in [0.2, 0.25) is 0 Å². The summed E-state index contributed by atoms with van der Waals surface area (Å²) in [7, 11) is -8.64. The molecule has 0 fully saturated rings. The Morgan fingerprint density at radius 2 is 1.26 bits per heavy atom. The van der Waals surface area contributed by atoms with Gasteiger partial charge in [0.05, 0.1) is 28.1 Å². The summed E-state index contributed by atoms with van der Waals surface area (Å²) in [6.07, 6.45) is 4.59. The fraction of sp³-hybridized carbons (Fsp3) is 0.140.